The third kappa shape index (κ3) is 84.0. The molecule has 0 aliphatic heterocycles. The molecule has 3 nitrogen and oxygen atoms in total. The molecule has 0 saturated carbocycles. The molecule has 0 aliphatic rings. The Hall–Kier alpha value is -12.2. The number of furan rings is 2. The molecule has 0 fully saturated rings. The summed E-state index contributed by atoms with van der Waals surface area (Å²) >= 11 is 1.71. The minimum Gasteiger partial charge on any atom is -0.473 e. The summed E-state index contributed by atoms with van der Waals surface area (Å²) in [7, 11) is 0. The molecule has 0 N–H and O–H groups in total. The lowest BCUT2D eigenvalue weighted by molar-refractivity contribution is 0.567. The number of para-hydroxylation sites is 2. The molecule has 0 unspecified atom stereocenters. The van der Waals surface area contributed by atoms with E-state index in [1.807, 2.05) is 472 Å². The summed E-state index contributed by atoms with van der Waals surface area (Å²) in [4.78, 5) is 3.78. The van der Waals surface area contributed by atoms with E-state index in [9.17, 15) is 0 Å². The Morgan fingerprint density at radius 2 is 0.370 bits per heavy atom. The van der Waals surface area contributed by atoms with Crippen LogP contribution in [-0.4, -0.2) is 4.98 Å². The topological polar surface area (TPSA) is 39.2 Å². The Kier molecular flexibility index (Phi) is 178. The van der Waals surface area contributed by atoms with E-state index in [0.717, 1.165) is 11.2 Å². The molecule has 18 rings (SSSR count). The second-order valence-electron chi connectivity index (χ2n) is 21.8. The maximum atomic E-state index is 5.65. The number of fused-ring (bicyclic) bond motifs is 8. The first-order valence-electron chi connectivity index (χ1n) is 56.7. The fraction of sp³-hybridized carbons (Fsp3) is 0.359. The van der Waals surface area contributed by atoms with E-state index in [0.29, 0.717) is 0 Å². The highest BCUT2D eigenvalue weighted by molar-refractivity contribution is 7.07. The molecule has 18 aromatic rings. The summed E-state index contributed by atoms with van der Waals surface area (Å²) in [5, 5.41) is 17.0. The molecule has 4 heteroatoms. The average molecular weight is 2010 g/mol. The van der Waals surface area contributed by atoms with Gasteiger partial charge in [-0.15, -0.1) is 0 Å². The van der Waals surface area contributed by atoms with Gasteiger partial charge in [-0.3, -0.25) is 4.98 Å². The van der Waals surface area contributed by atoms with Crippen molar-refractivity contribution >= 4 is 88.5 Å². The van der Waals surface area contributed by atoms with Crippen molar-refractivity contribution < 1.29 is 8.83 Å². The van der Waals surface area contributed by atoms with Crippen molar-refractivity contribution in [1.29, 1.82) is 0 Å². The van der Waals surface area contributed by atoms with Crippen molar-refractivity contribution in [2.24, 2.45) is 0 Å². The number of nitrogens with zero attached hydrogens (tertiary/aromatic N) is 1. The van der Waals surface area contributed by atoms with Gasteiger partial charge in [0, 0.05) is 23.2 Å². The molecule has 0 aliphatic carbocycles. The standard InChI is InChI=1S/C24H18.2C14H10.C14H12.C12H8O.C5H5N.C4H4O.C4H4S.25C2H6.CH4/c1-4-10-19(11-5-1)22-16-23(20-12-6-2-7-13-20)18-24(17-22)21-14-8-3-9-15-21;1-3-7-13-11(5-1)9-10-12-6-2-4-8-14(12)13;1-2-6-12-10-14-8-4-3-7-13(14)9-11(12)5-1;1-3-7-13(8-4-1)11-12-14-9-5-2-6-10-14;1-3-7-11-9(5-1)10-6-2-4-8-12(10)13-11;1-2-4-6-5-3-1;2*1-2-4-5-3-1;25*1-2;/h1-18H;2*1-10H;1-12H;1-8H;1-5H;2*1-4H;25*1-2H3;1H4/b;;;12-11+;;;;;;;;;;;;;;;;;;;;;;;;;;;;;;. The first-order valence-corrected chi connectivity index (χ1v) is 57.6. The minimum absolute atomic E-state index is 0. The van der Waals surface area contributed by atoms with Gasteiger partial charge in [-0.2, -0.15) is 11.3 Å². The number of pyridine rings is 1. The van der Waals surface area contributed by atoms with Crippen LogP contribution in [-0.2, 0) is 0 Å². The van der Waals surface area contributed by atoms with E-state index in [-0.39, 0.29) is 7.43 Å². The zero-order valence-corrected chi connectivity index (χ0v) is 103. The van der Waals surface area contributed by atoms with Gasteiger partial charge in [0.1, 0.15) is 11.2 Å². The fourth-order valence-corrected chi connectivity index (χ4v) is 11.1. The third-order valence-electron chi connectivity index (χ3n) is 15.3. The van der Waals surface area contributed by atoms with Crippen LogP contribution in [0.15, 0.2) is 427 Å². The number of rotatable bonds is 5. The Morgan fingerprint density at radius 3 is 0.568 bits per heavy atom. The Morgan fingerprint density at radius 1 is 0.171 bits per heavy atom. The van der Waals surface area contributed by atoms with E-state index in [2.05, 4.69) is 288 Å². The quantitative estimate of drug-likeness (QED) is 0.0979. The van der Waals surface area contributed by atoms with Crippen molar-refractivity contribution in [1.82, 2.24) is 4.98 Å². The predicted octanol–water partition coefficient (Wildman–Crippen LogP) is 52.5. The van der Waals surface area contributed by atoms with Crippen LogP contribution in [0, 0.1) is 0 Å². The van der Waals surface area contributed by atoms with Crippen LogP contribution in [0.2, 0.25) is 0 Å². The Labute approximate surface area is 911 Å². The van der Waals surface area contributed by atoms with Gasteiger partial charge < -0.3 is 8.83 Å². The summed E-state index contributed by atoms with van der Waals surface area (Å²) in [6, 6.07) is 132. The summed E-state index contributed by atoms with van der Waals surface area (Å²) in [5.74, 6) is 0. The Bertz CT molecular complexity index is 4660. The molecule has 4 aromatic heterocycles. The van der Waals surface area contributed by atoms with Gasteiger partial charge in [-0.1, -0.05) is 681 Å². The van der Waals surface area contributed by atoms with Gasteiger partial charge >= 0.3 is 0 Å². The average Bonchev–Trinajstić information content (AvgIpc) is 1.32. The largest absolute Gasteiger partial charge is 0.473 e. The van der Waals surface area contributed by atoms with Gasteiger partial charge in [0.15, 0.2) is 0 Å². The lowest BCUT2D eigenvalue weighted by atomic mass is 9.93. The molecule has 0 amide bonds. The maximum Gasteiger partial charge on any atom is 0.135 e. The molecular weight excluding hydrogens is 1780 g/mol. The summed E-state index contributed by atoms with van der Waals surface area (Å²) in [5.41, 5.74) is 11.9. The first-order chi connectivity index (χ1) is 72.2. The second kappa shape index (κ2) is 153. The number of benzene rings is 14. The highest BCUT2D eigenvalue weighted by Gasteiger charge is 2.08. The van der Waals surface area contributed by atoms with E-state index < -0.39 is 0 Å². The number of thiophene rings is 1. The van der Waals surface area contributed by atoms with Gasteiger partial charge in [0.05, 0.1) is 12.5 Å². The predicted molar refractivity (Wildman–Crippen MR) is 699 cm³/mol. The fourth-order valence-electron chi connectivity index (χ4n) is 10.6. The minimum atomic E-state index is 0. The first kappa shape index (κ1) is 170. The van der Waals surface area contributed by atoms with Crippen molar-refractivity contribution in [2.45, 2.75) is 354 Å². The third-order valence-corrected chi connectivity index (χ3v) is 15.9. The Balaban J connectivity index is -0.0000000908. The molecular formula is C142H225NO2S. The van der Waals surface area contributed by atoms with Crippen LogP contribution in [0.25, 0.3) is 111 Å². The highest BCUT2D eigenvalue weighted by atomic mass is 32.1. The van der Waals surface area contributed by atoms with E-state index in [1.165, 1.54) is 98.4 Å². The summed E-state index contributed by atoms with van der Waals surface area (Å²) in [6.07, 6.45) is 11.0. The van der Waals surface area contributed by atoms with E-state index in [1.54, 1.807) is 36.3 Å². The van der Waals surface area contributed by atoms with Crippen LogP contribution in [0.4, 0.5) is 0 Å². The van der Waals surface area contributed by atoms with Crippen LogP contribution in [0.1, 0.15) is 365 Å². The monoisotopic (exact) mass is 2010 g/mol. The maximum absolute atomic E-state index is 5.65. The SMILES string of the molecule is C.C(=C\c1ccccc1)/c1ccccc1.CC.CC.CC.CC.CC.CC.CC.CC.CC.CC.CC.CC.CC.CC.CC.CC.CC.CC.CC.CC.CC.CC.CC.CC.CC.c1ccc(-c2cc(-c3ccccc3)cc(-c3ccccc3)c2)cc1.c1ccc2c(c1)ccc1ccccc12.c1ccc2c(c1)oc1ccccc12.c1ccc2cc3ccccc3cc2c1.c1ccncc1.c1ccoc1.c1ccsc1. The molecule has 146 heavy (non-hydrogen) atoms. The molecule has 14 aromatic carbocycles. The lowest BCUT2D eigenvalue weighted by Crippen LogP contribution is -1.85. The number of hydrogen-bond acceptors (Lipinski definition) is 4. The molecule has 0 radical (unpaired) electrons. The molecule has 816 valence electrons. The molecule has 0 atom stereocenters. The number of hydrogen-bond donors (Lipinski definition) is 0. The van der Waals surface area contributed by atoms with Crippen LogP contribution >= 0.6 is 11.3 Å². The zero-order valence-electron chi connectivity index (χ0n) is 103. The normalized spacial score (nSPS) is 7.71. The highest BCUT2D eigenvalue weighted by Crippen LogP contribution is 2.34. The lowest BCUT2D eigenvalue weighted by Gasteiger charge is -2.11. The van der Waals surface area contributed by atoms with E-state index >= 15 is 0 Å². The molecule has 0 saturated heterocycles. The number of aromatic nitrogens is 1. The molecule has 0 spiro atoms. The van der Waals surface area contributed by atoms with Crippen LogP contribution in [0.3, 0.4) is 0 Å². The van der Waals surface area contributed by atoms with Crippen molar-refractivity contribution in [3.05, 3.63) is 429 Å². The molecule has 4 heterocycles. The van der Waals surface area contributed by atoms with Gasteiger partial charge in [0.2, 0.25) is 0 Å². The summed E-state index contributed by atoms with van der Waals surface area (Å²) < 4.78 is 10.2. The van der Waals surface area contributed by atoms with Crippen molar-refractivity contribution in [3.63, 3.8) is 0 Å². The molecule has 0 bridgehead atoms. The zero-order chi connectivity index (χ0) is 115. The summed E-state index contributed by atoms with van der Waals surface area (Å²) in [6.45, 7) is 100. The van der Waals surface area contributed by atoms with Crippen molar-refractivity contribution in [2.75, 3.05) is 0 Å². The van der Waals surface area contributed by atoms with Crippen molar-refractivity contribution in [3.8, 4) is 33.4 Å². The smallest absolute Gasteiger partial charge is 0.135 e. The van der Waals surface area contributed by atoms with Crippen LogP contribution in [0.5, 0.6) is 0 Å². The van der Waals surface area contributed by atoms with Gasteiger partial charge in [0.25, 0.3) is 0 Å². The van der Waals surface area contributed by atoms with Crippen LogP contribution < -0.4 is 0 Å². The van der Waals surface area contributed by atoms with Gasteiger partial charge in [-0.25, -0.2) is 0 Å². The van der Waals surface area contributed by atoms with E-state index in [4.69, 9.17) is 4.42 Å². The second-order valence-corrected chi connectivity index (χ2v) is 22.6. The van der Waals surface area contributed by atoms with Gasteiger partial charge in [-0.05, 0) is 165 Å².